The molecular formula is C18H24N6O2. The van der Waals surface area contributed by atoms with Crippen LogP contribution in [-0.4, -0.2) is 50.0 Å². The summed E-state index contributed by atoms with van der Waals surface area (Å²) >= 11 is 0. The van der Waals surface area contributed by atoms with Crippen LogP contribution < -0.4 is 5.32 Å². The fourth-order valence-electron chi connectivity index (χ4n) is 3.87. The number of carbonyl (C=O) groups is 2. The standard InChI is InChI=1S/C18H24N6O2/c1-11(25)19-8-13-9-20-17(21-13)12-6-7-24(10-12)18(26)16-14-4-2-3-5-15(14)22-23-16/h9,12H,2-8,10H2,1H3,(H,19,25)(H,20,21)(H,22,23). The van der Waals surface area contributed by atoms with E-state index in [9.17, 15) is 9.59 Å². The maximum atomic E-state index is 12.9. The van der Waals surface area contributed by atoms with Gasteiger partial charge in [0.15, 0.2) is 5.69 Å². The summed E-state index contributed by atoms with van der Waals surface area (Å²) in [5.74, 6) is 1.03. The average molecular weight is 356 g/mol. The van der Waals surface area contributed by atoms with Crippen molar-refractivity contribution in [3.8, 4) is 0 Å². The van der Waals surface area contributed by atoms with Crippen LogP contribution in [0.5, 0.6) is 0 Å². The number of likely N-dealkylation sites (tertiary alicyclic amines) is 1. The highest BCUT2D eigenvalue weighted by atomic mass is 16.2. The second kappa shape index (κ2) is 6.93. The van der Waals surface area contributed by atoms with Crippen LogP contribution in [-0.2, 0) is 24.2 Å². The molecule has 0 radical (unpaired) electrons. The molecule has 2 aromatic rings. The number of rotatable bonds is 4. The molecular weight excluding hydrogens is 332 g/mol. The number of hydrogen-bond donors (Lipinski definition) is 3. The zero-order valence-electron chi connectivity index (χ0n) is 15.0. The van der Waals surface area contributed by atoms with Crippen molar-refractivity contribution >= 4 is 11.8 Å². The minimum atomic E-state index is -0.0684. The highest BCUT2D eigenvalue weighted by Gasteiger charge is 2.32. The van der Waals surface area contributed by atoms with E-state index in [1.54, 1.807) is 6.20 Å². The quantitative estimate of drug-likeness (QED) is 0.767. The van der Waals surface area contributed by atoms with E-state index in [-0.39, 0.29) is 17.7 Å². The lowest BCUT2D eigenvalue weighted by atomic mass is 9.95. The number of hydrogen-bond acceptors (Lipinski definition) is 4. The van der Waals surface area contributed by atoms with Crippen molar-refractivity contribution < 1.29 is 9.59 Å². The lowest BCUT2D eigenvalue weighted by Crippen LogP contribution is -2.30. The van der Waals surface area contributed by atoms with Gasteiger partial charge in [-0.2, -0.15) is 5.10 Å². The molecule has 1 aliphatic heterocycles. The molecule has 4 rings (SSSR count). The molecule has 1 aliphatic carbocycles. The van der Waals surface area contributed by atoms with E-state index >= 15 is 0 Å². The number of aromatic nitrogens is 4. The highest BCUT2D eigenvalue weighted by molar-refractivity contribution is 5.94. The number of nitrogens with one attached hydrogen (secondary N) is 3. The van der Waals surface area contributed by atoms with Crippen LogP contribution in [0, 0.1) is 0 Å². The number of amides is 2. The number of carbonyl (C=O) groups excluding carboxylic acids is 2. The summed E-state index contributed by atoms with van der Waals surface area (Å²) < 4.78 is 0. The van der Waals surface area contributed by atoms with Crippen LogP contribution in [0.25, 0.3) is 0 Å². The number of imidazole rings is 1. The van der Waals surface area contributed by atoms with Gasteiger partial charge in [0.25, 0.3) is 5.91 Å². The molecule has 138 valence electrons. The largest absolute Gasteiger partial charge is 0.351 e. The molecule has 8 heteroatoms. The van der Waals surface area contributed by atoms with Crippen molar-refractivity contribution in [2.24, 2.45) is 0 Å². The van der Waals surface area contributed by atoms with E-state index in [0.717, 1.165) is 54.9 Å². The lowest BCUT2D eigenvalue weighted by Gasteiger charge is -2.17. The summed E-state index contributed by atoms with van der Waals surface area (Å²) in [6, 6.07) is 0. The third-order valence-electron chi connectivity index (χ3n) is 5.30. The minimum Gasteiger partial charge on any atom is -0.351 e. The van der Waals surface area contributed by atoms with Crippen LogP contribution >= 0.6 is 0 Å². The molecule has 2 amide bonds. The minimum absolute atomic E-state index is 0.0249. The Bertz CT molecular complexity index is 824. The third-order valence-corrected chi connectivity index (χ3v) is 5.30. The number of aryl methyl sites for hydroxylation is 1. The Kier molecular flexibility index (Phi) is 4.48. The lowest BCUT2D eigenvalue weighted by molar-refractivity contribution is -0.119. The van der Waals surface area contributed by atoms with Gasteiger partial charge in [0.2, 0.25) is 5.91 Å². The molecule has 1 atom stereocenters. The number of aromatic amines is 2. The molecule has 0 aromatic carbocycles. The van der Waals surface area contributed by atoms with Gasteiger partial charge in [-0.25, -0.2) is 4.98 Å². The Morgan fingerprint density at radius 1 is 1.35 bits per heavy atom. The van der Waals surface area contributed by atoms with Crippen molar-refractivity contribution in [2.45, 2.75) is 51.5 Å². The smallest absolute Gasteiger partial charge is 0.274 e. The van der Waals surface area contributed by atoms with Crippen molar-refractivity contribution in [1.29, 1.82) is 0 Å². The summed E-state index contributed by atoms with van der Waals surface area (Å²) in [6.07, 6.45) is 6.84. The second-order valence-corrected chi connectivity index (χ2v) is 7.18. The van der Waals surface area contributed by atoms with E-state index in [1.165, 1.54) is 6.92 Å². The first-order chi connectivity index (χ1) is 12.6. The van der Waals surface area contributed by atoms with Crippen molar-refractivity contribution in [3.63, 3.8) is 0 Å². The Morgan fingerprint density at radius 3 is 3.04 bits per heavy atom. The molecule has 1 saturated heterocycles. The molecule has 3 heterocycles. The molecule has 1 unspecified atom stereocenters. The Balaban J connectivity index is 1.41. The summed E-state index contributed by atoms with van der Waals surface area (Å²) in [6.45, 7) is 3.29. The van der Waals surface area contributed by atoms with Gasteiger partial charge < -0.3 is 15.2 Å². The maximum Gasteiger partial charge on any atom is 0.274 e. The predicted octanol–water partition coefficient (Wildman–Crippen LogP) is 1.28. The summed E-state index contributed by atoms with van der Waals surface area (Å²) in [7, 11) is 0. The maximum absolute atomic E-state index is 12.9. The van der Waals surface area contributed by atoms with Gasteiger partial charge in [-0.15, -0.1) is 0 Å². The molecule has 2 aromatic heterocycles. The predicted molar refractivity (Wildman–Crippen MR) is 94.6 cm³/mol. The van der Waals surface area contributed by atoms with Gasteiger partial charge in [-0.05, 0) is 32.1 Å². The van der Waals surface area contributed by atoms with Crippen LogP contribution in [0.15, 0.2) is 6.20 Å². The normalized spacial score (nSPS) is 19.4. The summed E-state index contributed by atoms with van der Waals surface area (Å²) in [5.41, 5.74) is 3.72. The van der Waals surface area contributed by atoms with Gasteiger partial charge in [0, 0.05) is 37.2 Å². The fraction of sp³-hybridized carbons (Fsp3) is 0.556. The topological polar surface area (TPSA) is 107 Å². The third kappa shape index (κ3) is 3.23. The van der Waals surface area contributed by atoms with Crippen LogP contribution in [0.1, 0.15) is 65.4 Å². The number of nitrogens with zero attached hydrogens (tertiary/aromatic N) is 3. The fourth-order valence-corrected chi connectivity index (χ4v) is 3.87. The molecule has 8 nitrogen and oxygen atoms in total. The summed E-state index contributed by atoms with van der Waals surface area (Å²) in [4.78, 5) is 33.5. The van der Waals surface area contributed by atoms with Gasteiger partial charge in [0.05, 0.1) is 18.4 Å². The van der Waals surface area contributed by atoms with E-state index in [4.69, 9.17) is 0 Å². The number of H-pyrrole nitrogens is 2. The first-order valence-electron chi connectivity index (χ1n) is 9.25. The molecule has 26 heavy (non-hydrogen) atoms. The van der Waals surface area contributed by atoms with Crippen molar-refractivity contribution in [3.05, 3.63) is 34.7 Å². The first kappa shape index (κ1) is 16.8. The zero-order chi connectivity index (χ0) is 18.1. The van der Waals surface area contributed by atoms with Crippen LogP contribution in [0.2, 0.25) is 0 Å². The molecule has 3 N–H and O–H groups in total. The van der Waals surface area contributed by atoms with Gasteiger partial charge in [0.1, 0.15) is 5.82 Å². The van der Waals surface area contributed by atoms with E-state index in [1.807, 2.05) is 4.90 Å². The second-order valence-electron chi connectivity index (χ2n) is 7.18. The SMILES string of the molecule is CC(=O)NCc1cnc(C2CCN(C(=O)c3n[nH]c4c3CCCC4)C2)[nH]1. The molecule has 0 bridgehead atoms. The van der Waals surface area contributed by atoms with Gasteiger partial charge in [-0.3, -0.25) is 14.7 Å². The molecule has 0 saturated carbocycles. The van der Waals surface area contributed by atoms with Crippen molar-refractivity contribution in [1.82, 2.24) is 30.4 Å². The van der Waals surface area contributed by atoms with E-state index < -0.39 is 0 Å². The van der Waals surface area contributed by atoms with Crippen molar-refractivity contribution in [2.75, 3.05) is 13.1 Å². The first-order valence-corrected chi connectivity index (χ1v) is 9.25. The zero-order valence-corrected chi connectivity index (χ0v) is 15.0. The van der Waals surface area contributed by atoms with E-state index in [0.29, 0.717) is 25.3 Å². The van der Waals surface area contributed by atoms with Crippen LogP contribution in [0.3, 0.4) is 0 Å². The van der Waals surface area contributed by atoms with Gasteiger partial charge >= 0.3 is 0 Å². The Labute approximate surface area is 151 Å². The Morgan fingerprint density at radius 2 is 2.19 bits per heavy atom. The molecule has 2 aliphatic rings. The monoisotopic (exact) mass is 356 g/mol. The van der Waals surface area contributed by atoms with E-state index in [2.05, 4.69) is 25.5 Å². The average Bonchev–Trinajstić information content (AvgIpc) is 3.37. The Hall–Kier alpha value is -2.64. The highest BCUT2D eigenvalue weighted by Crippen LogP contribution is 2.28. The van der Waals surface area contributed by atoms with Gasteiger partial charge in [-0.1, -0.05) is 0 Å². The molecule has 1 fully saturated rings. The number of fused-ring (bicyclic) bond motifs is 1. The summed E-state index contributed by atoms with van der Waals surface area (Å²) in [5, 5.41) is 10.1. The van der Waals surface area contributed by atoms with Crippen LogP contribution in [0.4, 0.5) is 0 Å². The molecule has 0 spiro atoms.